The summed E-state index contributed by atoms with van der Waals surface area (Å²) in [4.78, 5) is 17.1. The lowest BCUT2D eigenvalue weighted by molar-refractivity contribution is -0.140. The molecule has 0 aliphatic rings. The van der Waals surface area contributed by atoms with Crippen molar-refractivity contribution in [1.82, 2.24) is 9.88 Å². The molecular formula is C13H17N3O3. The van der Waals surface area contributed by atoms with Crippen molar-refractivity contribution in [1.29, 1.82) is 0 Å². The molecule has 6 nitrogen and oxygen atoms in total. The zero-order valence-corrected chi connectivity index (χ0v) is 11.1. The number of hydrogen-bond donors (Lipinski definition) is 2. The van der Waals surface area contributed by atoms with Gasteiger partial charge in [-0.25, -0.2) is 4.98 Å². The Labute approximate surface area is 110 Å². The number of aromatic nitrogens is 1. The van der Waals surface area contributed by atoms with Crippen molar-refractivity contribution in [2.24, 2.45) is 5.73 Å². The molecule has 3 N–H and O–H groups in total. The quantitative estimate of drug-likeness (QED) is 0.859. The van der Waals surface area contributed by atoms with Crippen LogP contribution in [-0.4, -0.2) is 41.1 Å². The minimum atomic E-state index is -1.03. The molecule has 0 amide bonds. The summed E-state index contributed by atoms with van der Waals surface area (Å²) in [5, 5.41) is 9.09. The zero-order chi connectivity index (χ0) is 14.2. The second-order valence-electron chi connectivity index (χ2n) is 4.73. The van der Waals surface area contributed by atoms with Crippen LogP contribution in [0.3, 0.4) is 0 Å². The summed E-state index contributed by atoms with van der Waals surface area (Å²) in [5.74, 6) is -0.455. The van der Waals surface area contributed by atoms with Gasteiger partial charge in [0, 0.05) is 6.92 Å². The minimum Gasteiger partial charge on any atom is -0.480 e. The summed E-state index contributed by atoms with van der Waals surface area (Å²) < 4.78 is 5.46. The predicted octanol–water partition coefficient (Wildman–Crippen LogP) is 1.15. The number of nitrogens with two attached hydrogens (primary N) is 1. The van der Waals surface area contributed by atoms with Gasteiger partial charge in [0.2, 0.25) is 0 Å². The van der Waals surface area contributed by atoms with E-state index in [4.69, 9.17) is 15.3 Å². The molecule has 2 atom stereocenters. The summed E-state index contributed by atoms with van der Waals surface area (Å²) >= 11 is 0. The van der Waals surface area contributed by atoms with Gasteiger partial charge in [0.05, 0.1) is 6.04 Å². The van der Waals surface area contributed by atoms with E-state index < -0.39 is 18.1 Å². The third kappa shape index (κ3) is 2.59. The van der Waals surface area contributed by atoms with Crippen molar-refractivity contribution < 1.29 is 14.3 Å². The van der Waals surface area contributed by atoms with E-state index in [1.807, 2.05) is 12.1 Å². The van der Waals surface area contributed by atoms with E-state index in [1.54, 1.807) is 32.0 Å². The number of oxazole rings is 1. The summed E-state index contributed by atoms with van der Waals surface area (Å²) in [6.45, 7) is 1.77. The Morgan fingerprint density at radius 1 is 1.47 bits per heavy atom. The third-order valence-corrected chi connectivity index (χ3v) is 3.04. The molecule has 1 heterocycles. The molecular weight excluding hydrogens is 246 g/mol. The average molecular weight is 263 g/mol. The van der Waals surface area contributed by atoms with Gasteiger partial charge in [0.1, 0.15) is 11.6 Å². The van der Waals surface area contributed by atoms with E-state index in [1.165, 1.54) is 0 Å². The van der Waals surface area contributed by atoms with Crippen LogP contribution >= 0.6 is 0 Å². The van der Waals surface area contributed by atoms with Gasteiger partial charge < -0.3 is 20.2 Å². The largest absolute Gasteiger partial charge is 0.480 e. The lowest BCUT2D eigenvalue weighted by Crippen LogP contribution is -2.43. The highest BCUT2D eigenvalue weighted by Gasteiger charge is 2.28. The standard InChI is InChI=1S/C13H17N3O3/c1-7-15-9-5-4-8(6-10(9)19-7)12(16(2)3)11(14)13(17)18/h4-6,11-12H,14H2,1-3H3,(H,17,18). The molecule has 2 rings (SSSR count). The Bertz CT molecular complexity index is 606. The van der Waals surface area contributed by atoms with Crippen LogP contribution in [0, 0.1) is 6.92 Å². The fraction of sp³-hybridized carbons (Fsp3) is 0.385. The monoisotopic (exact) mass is 263 g/mol. The van der Waals surface area contributed by atoms with Crippen molar-refractivity contribution >= 4 is 17.1 Å². The molecule has 2 aromatic rings. The van der Waals surface area contributed by atoms with Crippen molar-refractivity contribution in [3.8, 4) is 0 Å². The number of nitrogens with zero attached hydrogens (tertiary/aromatic N) is 2. The molecule has 0 fully saturated rings. The number of aryl methyl sites for hydroxylation is 1. The van der Waals surface area contributed by atoms with Crippen molar-refractivity contribution in [2.45, 2.75) is 19.0 Å². The van der Waals surface area contributed by atoms with E-state index in [0.29, 0.717) is 11.5 Å². The molecule has 1 aromatic heterocycles. The predicted molar refractivity (Wildman–Crippen MR) is 70.8 cm³/mol. The highest BCUT2D eigenvalue weighted by molar-refractivity contribution is 5.76. The molecule has 2 unspecified atom stereocenters. The third-order valence-electron chi connectivity index (χ3n) is 3.04. The van der Waals surface area contributed by atoms with Crippen LogP contribution in [0.5, 0.6) is 0 Å². The van der Waals surface area contributed by atoms with Gasteiger partial charge in [-0.3, -0.25) is 4.79 Å². The number of benzene rings is 1. The molecule has 0 saturated carbocycles. The first-order valence-electron chi connectivity index (χ1n) is 5.92. The van der Waals surface area contributed by atoms with E-state index in [9.17, 15) is 4.79 Å². The SMILES string of the molecule is Cc1nc2ccc(C(C(N)C(=O)O)N(C)C)cc2o1. The van der Waals surface area contributed by atoms with Gasteiger partial charge >= 0.3 is 5.97 Å². The van der Waals surface area contributed by atoms with Crippen LogP contribution in [0.2, 0.25) is 0 Å². The molecule has 1 aromatic carbocycles. The summed E-state index contributed by atoms with van der Waals surface area (Å²) in [7, 11) is 3.59. The number of rotatable bonds is 4. The first-order chi connectivity index (χ1) is 8.90. The van der Waals surface area contributed by atoms with Crippen molar-refractivity contribution in [3.05, 3.63) is 29.7 Å². The molecule has 0 radical (unpaired) electrons. The van der Waals surface area contributed by atoms with Crippen LogP contribution in [0.4, 0.5) is 0 Å². The van der Waals surface area contributed by atoms with E-state index in [-0.39, 0.29) is 0 Å². The van der Waals surface area contributed by atoms with E-state index in [0.717, 1.165) is 11.1 Å². The Kier molecular flexibility index (Phi) is 3.55. The molecule has 0 spiro atoms. The second kappa shape index (κ2) is 4.99. The number of likely N-dealkylation sites (N-methyl/N-ethyl adjacent to an activating group) is 1. The maximum atomic E-state index is 11.1. The Balaban J connectivity index is 2.46. The molecule has 0 aliphatic carbocycles. The molecule has 6 heteroatoms. The lowest BCUT2D eigenvalue weighted by atomic mass is 9.98. The average Bonchev–Trinajstić information content (AvgIpc) is 2.67. The number of carboxylic acids is 1. The van der Waals surface area contributed by atoms with Crippen molar-refractivity contribution in [2.75, 3.05) is 14.1 Å². The first-order valence-corrected chi connectivity index (χ1v) is 5.92. The van der Waals surface area contributed by atoms with Crippen LogP contribution in [-0.2, 0) is 4.79 Å². The van der Waals surface area contributed by atoms with Gasteiger partial charge in [-0.15, -0.1) is 0 Å². The number of hydrogen-bond acceptors (Lipinski definition) is 5. The Hall–Kier alpha value is -1.92. The van der Waals surface area contributed by atoms with E-state index in [2.05, 4.69) is 4.98 Å². The van der Waals surface area contributed by atoms with Crippen molar-refractivity contribution in [3.63, 3.8) is 0 Å². The van der Waals surface area contributed by atoms with Gasteiger partial charge in [-0.05, 0) is 31.8 Å². The minimum absolute atomic E-state index is 0.424. The highest BCUT2D eigenvalue weighted by Crippen LogP contribution is 2.25. The van der Waals surface area contributed by atoms with Crippen LogP contribution in [0.15, 0.2) is 22.6 Å². The normalized spacial score (nSPS) is 14.8. The van der Waals surface area contributed by atoms with Gasteiger partial charge in [0.15, 0.2) is 11.5 Å². The topological polar surface area (TPSA) is 92.6 Å². The van der Waals surface area contributed by atoms with E-state index >= 15 is 0 Å². The number of carbonyl (C=O) groups is 1. The number of fused-ring (bicyclic) bond motifs is 1. The van der Waals surface area contributed by atoms with Crippen LogP contribution in [0.25, 0.3) is 11.1 Å². The van der Waals surface area contributed by atoms with Crippen LogP contribution < -0.4 is 5.73 Å². The highest BCUT2D eigenvalue weighted by atomic mass is 16.4. The molecule has 0 saturated heterocycles. The lowest BCUT2D eigenvalue weighted by Gasteiger charge is -2.27. The summed E-state index contributed by atoms with van der Waals surface area (Å²) in [5.41, 5.74) is 7.94. The van der Waals surface area contributed by atoms with Gasteiger partial charge in [-0.1, -0.05) is 6.07 Å². The Morgan fingerprint density at radius 3 is 2.74 bits per heavy atom. The first kappa shape index (κ1) is 13.5. The number of aliphatic carboxylic acids is 1. The van der Waals surface area contributed by atoms with Gasteiger partial charge in [0.25, 0.3) is 0 Å². The maximum Gasteiger partial charge on any atom is 0.322 e. The smallest absolute Gasteiger partial charge is 0.322 e. The Morgan fingerprint density at radius 2 is 2.16 bits per heavy atom. The fourth-order valence-corrected chi connectivity index (χ4v) is 2.20. The fourth-order valence-electron chi connectivity index (χ4n) is 2.20. The molecule has 0 aliphatic heterocycles. The summed E-state index contributed by atoms with van der Waals surface area (Å²) in [6, 6.07) is 4.01. The molecule has 0 bridgehead atoms. The zero-order valence-electron chi connectivity index (χ0n) is 11.1. The maximum absolute atomic E-state index is 11.1. The van der Waals surface area contributed by atoms with Gasteiger partial charge in [-0.2, -0.15) is 0 Å². The summed E-state index contributed by atoms with van der Waals surface area (Å²) in [6.07, 6.45) is 0. The van der Waals surface area contributed by atoms with Crippen LogP contribution in [0.1, 0.15) is 17.5 Å². The second-order valence-corrected chi connectivity index (χ2v) is 4.73. The molecule has 19 heavy (non-hydrogen) atoms. The molecule has 102 valence electrons. The number of carboxylic acid groups (broad SMARTS) is 1.